The van der Waals surface area contributed by atoms with Crippen LogP contribution in [0.1, 0.15) is 105 Å². The van der Waals surface area contributed by atoms with Crippen LogP contribution in [0.3, 0.4) is 0 Å². The lowest BCUT2D eigenvalue weighted by Gasteiger charge is -2.57. The molecule has 4 unspecified atom stereocenters. The van der Waals surface area contributed by atoms with Crippen molar-refractivity contribution in [3.05, 3.63) is 11.6 Å². The largest absolute Gasteiger partial charge is 0.393 e. The molecule has 0 bridgehead atoms. The third-order valence-corrected chi connectivity index (χ3v) is 10.3. The first-order valence-corrected chi connectivity index (χ1v) is 12.6. The summed E-state index contributed by atoms with van der Waals surface area (Å²) in [6.07, 6.45) is 17.2. The van der Waals surface area contributed by atoms with E-state index in [1.807, 2.05) is 5.57 Å². The fourth-order valence-corrected chi connectivity index (χ4v) is 8.51. The Bertz CT molecular complexity index is 591. The first-order valence-electron chi connectivity index (χ1n) is 12.6. The number of aliphatic hydroxyl groups excluding tert-OH is 1. The van der Waals surface area contributed by atoms with E-state index in [2.05, 4.69) is 40.7 Å². The highest BCUT2D eigenvalue weighted by atomic mass is 16.3. The van der Waals surface area contributed by atoms with Gasteiger partial charge in [0.2, 0.25) is 0 Å². The lowest BCUT2D eigenvalue weighted by Crippen LogP contribution is -2.49. The quantitative estimate of drug-likeness (QED) is 0.488. The maximum absolute atomic E-state index is 10.2. The van der Waals surface area contributed by atoms with E-state index in [1.165, 1.54) is 57.8 Å². The van der Waals surface area contributed by atoms with Gasteiger partial charge in [-0.3, -0.25) is 0 Å². The summed E-state index contributed by atoms with van der Waals surface area (Å²) in [5.41, 5.74) is 2.89. The standard InChI is InChI=1S/C27H46O/c1-18(2)7-6-8-19(3)23-11-12-24-22-10-9-20-17-21(28)13-15-26(20,4)25(22)14-16-27(23,24)5/h10,18-21,23-25,28H,6-9,11-17H2,1-5H3/t19-,20?,21+,23?,24?,25?,26+,27-/m1/s1. The molecule has 0 amide bonds. The minimum Gasteiger partial charge on any atom is -0.393 e. The number of allylic oxidation sites excluding steroid dienone is 2. The van der Waals surface area contributed by atoms with Gasteiger partial charge in [0, 0.05) is 0 Å². The molecule has 1 N–H and O–H groups in total. The van der Waals surface area contributed by atoms with Crippen molar-refractivity contribution in [1.82, 2.24) is 0 Å². The van der Waals surface area contributed by atoms with Gasteiger partial charge in [-0.15, -0.1) is 0 Å². The third-order valence-electron chi connectivity index (χ3n) is 10.3. The van der Waals surface area contributed by atoms with Gasteiger partial charge >= 0.3 is 0 Å². The van der Waals surface area contributed by atoms with Crippen molar-refractivity contribution in [1.29, 1.82) is 0 Å². The molecule has 0 radical (unpaired) electrons. The van der Waals surface area contributed by atoms with Gasteiger partial charge in [0.1, 0.15) is 0 Å². The summed E-state index contributed by atoms with van der Waals surface area (Å²) >= 11 is 0. The van der Waals surface area contributed by atoms with Crippen LogP contribution >= 0.6 is 0 Å². The fourth-order valence-electron chi connectivity index (χ4n) is 8.51. The predicted octanol–water partition coefficient (Wildman–Crippen LogP) is 7.39. The molecule has 0 heterocycles. The van der Waals surface area contributed by atoms with Crippen LogP contribution in [-0.2, 0) is 0 Å². The van der Waals surface area contributed by atoms with E-state index in [4.69, 9.17) is 0 Å². The molecule has 3 fully saturated rings. The van der Waals surface area contributed by atoms with Gasteiger partial charge in [-0.05, 0) is 97.7 Å². The highest BCUT2D eigenvalue weighted by Crippen LogP contribution is 2.66. The van der Waals surface area contributed by atoms with Gasteiger partial charge < -0.3 is 5.11 Å². The Hall–Kier alpha value is -0.300. The second-order valence-electron chi connectivity index (χ2n) is 12.2. The zero-order valence-electron chi connectivity index (χ0n) is 19.3. The SMILES string of the molecule is CC(C)CCC[C@@H](C)C1CCC2C3=CCC4C[C@@H](O)CC[C@]4(C)C3CC[C@@]21C. The van der Waals surface area contributed by atoms with Gasteiger partial charge in [-0.25, -0.2) is 0 Å². The highest BCUT2D eigenvalue weighted by molar-refractivity contribution is 5.27. The van der Waals surface area contributed by atoms with Crippen molar-refractivity contribution < 1.29 is 5.11 Å². The molecule has 1 nitrogen and oxygen atoms in total. The first-order chi connectivity index (χ1) is 13.3. The molecule has 0 aromatic rings. The number of hydrogen-bond acceptors (Lipinski definition) is 1. The van der Waals surface area contributed by atoms with E-state index < -0.39 is 0 Å². The normalized spacial score (nSPS) is 46.5. The highest BCUT2D eigenvalue weighted by Gasteiger charge is 2.58. The van der Waals surface area contributed by atoms with E-state index in [0.29, 0.717) is 10.8 Å². The molecular formula is C27H46O. The maximum atomic E-state index is 10.2. The lowest BCUT2D eigenvalue weighted by molar-refractivity contribution is -0.0427. The average Bonchev–Trinajstić information content (AvgIpc) is 2.99. The smallest absolute Gasteiger partial charge is 0.0543 e. The second-order valence-corrected chi connectivity index (χ2v) is 12.2. The molecule has 0 aromatic heterocycles. The summed E-state index contributed by atoms with van der Waals surface area (Å²) in [4.78, 5) is 0. The Morgan fingerprint density at radius 2 is 1.68 bits per heavy atom. The molecule has 0 saturated heterocycles. The molecular weight excluding hydrogens is 340 g/mol. The van der Waals surface area contributed by atoms with Gasteiger partial charge in [-0.2, -0.15) is 0 Å². The van der Waals surface area contributed by atoms with E-state index in [1.54, 1.807) is 0 Å². The van der Waals surface area contributed by atoms with Crippen molar-refractivity contribution in [3.63, 3.8) is 0 Å². The zero-order chi connectivity index (χ0) is 20.1. The maximum Gasteiger partial charge on any atom is 0.0543 e. The van der Waals surface area contributed by atoms with Gasteiger partial charge in [-0.1, -0.05) is 65.5 Å². The summed E-state index contributed by atoms with van der Waals surface area (Å²) in [7, 11) is 0. The van der Waals surface area contributed by atoms with Crippen molar-refractivity contribution >= 4 is 0 Å². The molecule has 28 heavy (non-hydrogen) atoms. The van der Waals surface area contributed by atoms with Crippen LogP contribution < -0.4 is 0 Å². The fraction of sp³-hybridized carbons (Fsp3) is 0.926. The first kappa shape index (κ1) is 21.0. The number of fused-ring (bicyclic) bond motifs is 5. The Morgan fingerprint density at radius 1 is 0.964 bits per heavy atom. The minimum absolute atomic E-state index is 0.0376. The van der Waals surface area contributed by atoms with Crippen molar-refractivity contribution in [2.24, 2.45) is 46.3 Å². The van der Waals surface area contributed by atoms with Crippen LogP contribution in [0.2, 0.25) is 0 Å². The molecule has 4 aliphatic rings. The monoisotopic (exact) mass is 386 g/mol. The van der Waals surface area contributed by atoms with Gasteiger partial charge in [0.25, 0.3) is 0 Å². The predicted molar refractivity (Wildman–Crippen MR) is 119 cm³/mol. The lowest BCUT2D eigenvalue weighted by atomic mass is 9.47. The van der Waals surface area contributed by atoms with Gasteiger partial charge in [0.15, 0.2) is 0 Å². The van der Waals surface area contributed by atoms with Gasteiger partial charge in [0.05, 0.1) is 6.10 Å². The summed E-state index contributed by atoms with van der Waals surface area (Å²) in [6, 6.07) is 0. The van der Waals surface area contributed by atoms with Crippen molar-refractivity contribution in [3.8, 4) is 0 Å². The van der Waals surface area contributed by atoms with Crippen LogP contribution in [0.15, 0.2) is 11.6 Å². The summed E-state index contributed by atoms with van der Waals surface area (Å²) in [6.45, 7) is 12.6. The molecule has 3 saturated carbocycles. The Balaban J connectivity index is 1.50. The summed E-state index contributed by atoms with van der Waals surface area (Å²) in [5.74, 6) is 5.07. The average molecular weight is 387 g/mol. The van der Waals surface area contributed by atoms with E-state index in [9.17, 15) is 5.11 Å². The topological polar surface area (TPSA) is 20.2 Å². The van der Waals surface area contributed by atoms with Crippen LogP contribution in [0.25, 0.3) is 0 Å². The number of aliphatic hydroxyl groups is 1. The molecule has 8 atom stereocenters. The molecule has 1 heteroatoms. The van der Waals surface area contributed by atoms with Crippen molar-refractivity contribution in [2.75, 3.05) is 0 Å². The van der Waals surface area contributed by atoms with E-state index in [0.717, 1.165) is 48.3 Å². The Kier molecular flexibility index (Phi) is 5.80. The van der Waals surface area contributed by atoms with Crippen molar-refractivity contribution in [2.45, 2.75) is 111 Å². The molecule has 4 rings (SSSR count). The van der Waals surface area contributed by atoms with Crippen LogP contribution in [0, 0.1) is 46.3 Å². The molecule has 0 aromatic carbocycles. The molecule has 4 aliphatic carbocycles. The van der Waals surface area contributed by atoms with Crippen LogP contribution in [0.4, 0.5) is 0 Å². The summed E-state index contributed by atoms with van der Waals surface area (Å²) in [5, 5.41) is 10.2. The number of hydrogen-bond donors (Lipinski definition) is 1. The molecule has 160 valence electrons. The molecule has 0 spiro atoms. The number of rotatable bonds is 5. The van der Waals surface area contributed by atoms with Crippen LogP contribution in [-0.4, -0.2) is 11.2 Å². The van der Waals surface area contributed by atoms with E-state index in [-0.39, 0.29) is 6.10 Å². The minimum atomic E-state index is -0.0376. The Morgan fingerprint density at radius 3 is 2.43 bits per heavy atom. The zero-order valence-corrected chi connectivity index (χ0v) is 19.3. The van der Waals surface area contributed by atoms with Crippen LogP contribution in [0.5, 0.6) is 0 Å². The Labute approximate surface area is 174 Å². The third kappa shape index (κ3) is 3.42. The summed E-state index contributed by atoms with van der Waals surface area (Å²) < 4.78 is 0. The van der Waals surface area contributed by atoms with E-state index >= 15 is 0 Å². The second kappa shape index (κ2) is 7.75. The molecule has 0 aliphatic heterocycles.